The van der Waals surface area contributed by atoms with Gasteiger partial charge in [0.1, 0.15) is 45.2 Å². The standard InChI is InChI=1S/4C32H19N3/c1-2-7-21-18(6-1)16-19-11-14-23-25(28(19)21)17-20-12-13-22-24-8-5-15-33-31(24)35-27-10-4-3-9-26(27)34-32(35)30(22)29(20)23;1-2-7-20-18(6-1)16-25-21(20)13-14-23-26(25)17-19-11-12-22-24-8-5-15-33-31(24)35-28-10-4-3-9-27(28)34-32(35)30(22)29(19)23;1-2-7-22-18(6-1)14-20-17-26-21(16-25(20)22)15-19-11-12-23-24-8-5-13-33-31(24)35-28-10-4-3-9-27(28)34-32(35)30(23)29(19)26;1-2-7-22-18(6-1)14-20-16-21-15-19-11-12-23-24-8-5-13-33-31(24)35-28-10-4-3-9-27(28)34-32(35)30(23)29(19)26(21)17-25(20)22/h2*1-15H,16-17H2;2*1-13,16-17H,14-15H2. The average molecular weight is 1780 g/mol. The summed E-state index contributed by atoms with van der Waals surface area (Å²) in [5.74, 6) is 0. The Morgan fingerprint density at radius 2 is 0.436 bits per heavy atom. The van der Waals surface area contributed by atoms with Crippen LogP contribution in [0.15, 0.2) is 365 Å². The number of para-hydroxylation sites is 8. The van der Waals surface area contributed by atoms with Gasteiger partial charge in [-0.05, 0) is 366 Å². The zero-order chi connectivity index (χ0) is 90.7. The first-order valence-corrected chi connectivity index (χ1v) is 48.8. The van der Waals surface area contributed by atoms with Gasteiger partial charge >= 0.3 is 0 Å². The zero-order valence-electron chi connectivity index (χ0n) is 75.7. The molecule has 0 amide bonds. The quantitative estimate of drug-likeness (QED) is 0.138. The molecule has 12 heterocycles. The number of hydrogen-bond acceptors (Lipinski definition) is 8. The highest BCUT2D eigenvalue weighted by atomic mass is 15.1. The van der Waals surface area contributed by atoms with Crippen LogP contribution < -0.4 is 0 Å². The molecule has 12 aromatic heterocycles. The Morgan fingerprint density at radius 1 is 0.157 bits per heavy atom. The molecule has 0 atom stereocenters. The summed E-state index contributed by atoms with van der Waals surface area (Å²) < 4.78 is 9.03. The van der Waals surface area contributed by atoms with Gasteiger partial charge < -0.3 is 0 Å². The van der Waals surface area contributed by atoms with Crippen LogP contribution in [-0.2, 0) is 51.4 Å². The summed E-state index contributed by atoms with van der Waals surface area (Å²) in [6.45, 7) is 0. The van der Waals surface area contributed by atoms with Gasteiger partial charge in [0, 0.05) is 67.9 Å². The highest BCUT2D eigenvalue weighted by Gasteiger charge is 2.37. The minimum atomic E-state index is 0.963. The summed E-state index contributed by atoms with van der Waals surface area (Å²) in [5, 5.41) is 14.5. The van der Waals surface area contributed by atoms with Gasteiger partial charge in [0.05, 0.1) is 44.1 Å². The van der Waals surface area contributed by atoms with Gasteiger partial charge in [-0.2, -0.15) is 0 Å². The summed E-state index contributed by atoms with van der Waals surface area (Å²) in [7, 11) is 0. The van der Waals surface area contributed by atoms with E-state index in [-0.39, 0.29) is 0 Å². The van der Waals surface area contributed by atoms with Gasteiger partial charge in [-0.3, -0.25) is 17.6 Å². The van der Waals surface area contributed by atoms with Gasteiger partial charge in [0.2, 0.25) is 0 Å². The van der Waals surface area contributed by atoms with Crippen LogP contribution in [0, 0.1) is 0 Å². The SMILES string of the molecule is c1ccc2c(c1)Cc1c-2ccc2c1Cc1ccc3c4cccnc4n4c5ccccc5nc4c3c1-2.c1ccc2c(c1)Cc1cc3c(cc1-2)-c1c(ccc2c4cccnc4n4c5ccccc5nc4c12)C3.c1ccc2c(c1)Cc1cc3c(cc1-2)Cc1ccc2c4cccnc4n4c5ccccc5nc4c2c1-3.c1ccc2c(c1)Cc1ccc3c(c1-2)Cc1ccc2c4cccnc4n4c5ccccc5nc4c2c1-3. The van der Waals surface area contributed by atoms with Gasteiger partial charge in [-0.15, -0.1) is 0 Å². The highest BCUT2D eigenvalue weighted by Crippen LogP contribution is 2.57. The van der Waals surface area contributed by atoms with E-state index in [1.807, 2.05) is 49.1 Å². The van der Waals surface area contributed by atoms with Crippen LogP contribution in [-0.4, -0.2) is 57.5 Å². The summed E-state index contributed by atoms with van der Waals surface area (Å²) in [6.07, 6.45) is 15.5. The fraction of sp³-hybridized carbons (Fsp3) is 0.0625. The monoisotopic (exact) mass is 1780 g/mol. The first kappa shape index (κ1) is 75.3. The van der Waals surface area contributed by atoms with E-state index in [9.17, 15) is 0 Å². The van der Waals surface area contributed by atoms with E-state index in [1.165, 1.54) is 243 Å². The number of rotatable bonds is 0. The van der Waals surface area contributed by atoms with Gasteiger partial charge in [0.15, 0.2) is 0 Å². The first-order chi connectivity index (χ1) is 69.4. The summed E-state index contributed by atoms with van der Waals surface area (Å²) >= 11 is 0. The Morgan fingerprint density at radius 3 is 0.893 bits per heavy atom. The number of imidazole rings is 4. The molecule has 0 N–H and O–H groups in total. The number of pyridine rings is 8. The Labute approximate surface area is 799 Å². The second-order valence-electron chi connectivity index (χ2n) is 39.2. The van der Waals surface area contributed by atoms with Crippen LogP contribution in [0.4, 0.5) is 0 Å². The molecule has 0 unspecified atom stereocenters. The molecule has 0 bridgehead atoms. The fourth-order valence-corrected chi connectivity index (χ4v) is 26.4. The third kappa shape index (κ3) is 10.2. The maximum absolute atomic E-state index is 5.18. The molecule has 28 aromatic rings. The molecule has 36 rings (SSSR count). The van der Waals surface area contributed by atoms with Gasteiger partial charge in [-0.25, -0.2) is 39.9 Å². The Hall–Kier alpha value is -18.0. The lowest BCUT2D eigenvalue weighted by Crippen LogP contribution is -1.95. The molecular weight excluding hydrogens is 1710 g/mol. The number of aromatic nitrogens is 12. The van der Waals surface area contributed by atoms with E-state index >= 15 is 0 Å². The molecule has 648 valence electrons. The lowest BCUT2D eigenvalue weighted by atomic mass is 9.94. The molecule has 0 aliphatic heterocycles. The maximum atomic E-state index is 5.18. The molecule has 12 heteroatoms. The highest BCUT2D eigenvalue weighted by molar-refractivity contribution is 6.24. The second-order valence-corrected chi connectivity index (χ2v) is 39.2. The van der Waals surface area contributed by atoms with E-state index in [0.29, 0.717) is 0 Å². The topological polar surface area (TPSA) is 121 Å². The Kier molecular flexibility index (Phi) is 15.0. The first-order valence-electron chi connectivity index (χ1n) is 48.8. The molecule has 12 nitrogen and oxygen atoms in total. The second kappa shape index (κ2) is 27.9. The average Bonchev–Trinajstić information content (AvgIpc) is 1.55. The number of fused-ring (bicyclic) bond motifs is 62. The Bertz CT molecular complexity index is 10300. The van der Waals surface area contributed by atoms with Crippen LogP contribution in [0.5, 0.6) is 0 Å². The van der Waals surface area contributed by atoms with Crippen LogP contribution in [0.1, 0.15) is 89.0 Å². The van der Waals surface area contributed by atoms with E-state index in [1.54, 1.807) is 0 Å². The van der Waals surface area contributed by atoms with Crippen molar-refractivity contribution in [1.82, 2.24) is 57.5 Å². The minimum Gasteiger partial charge on any atom is -0.276 e. The van der Waals surface area contributed by atoms with Gasteiger partial charge in [0.25, 0.3) is 0 Å². The van der Waals surface area contributed by atoms with Crippen LogP contribution >= 0.6 is 0 Å². The van der Waals surface area contributed by atoms with Gasteiger partial charge in [-0.1, -0.05) is 224 Å². The third-order valence-corrected chi connectivity index (χ3v) is 32.2. The van der Waals surface area contributed by atoms with Crippen molar-refractivity contribution in [2.45, 2.75) is 51.4 Å². The molecule has 0 fully saturated rings. The van der Waals surface area contributed by atoms with Crippen molar-refractivity contribution in [3.63, 3.8) is 0 Å². The zero-order valence-corrected chi connectivity index (χ0v) is 75.7. The van der Waals surface area contributed by atoms with Crippen molar-refractivity contribution in [2.24, 2.45) is 0 Å². The molecule has 140 heavy (non-hydrogen) atoms. The third-order valence-electron chi connectivity index (χ3n) is 32.2. The summed E-state index contributed by atoms with van der Waals surface area (Å²) in [5.41, 5.74) is 61.3. The van der Waals surface area contributed by atoms with Crippen molar-refractivity contribution >= 4 is 154 Å². The van der Waals surface area contributed by atoms with Crippen molar-refractivity contribution in [1.29, 1.82) is 0 Å². The molecule has 8 aliphatic rings. The van der Waals surface area contributed by atoms with E-state index < -0.39 is 0 Å². The molecule has 8 aliphatic carbocycles. The van der Waals surface area contributed by atoms with Crippen LogP contribution in [0.3, 0.4) is 0 Å². The molecule has 0 spiro atoms. The summed E-state index contributed by atoms with van der Waals surface area (Å²) in [6, 6.07) is 124. The lowest BCUT2D eigenvalue weighted by molar-refractivity contribution is 1.16. The smallest absolute Gasteiger partial charge is 0.148 e. The van der Waals surface area contributed by atoms with E-state index in [0.717, 1.165) is 141 Å². The molecule has 16 aromatic carbocycles. The fourth-order valence-electron chi connectivity index (χ4n) is 26.4. The molecule has 0 radical (unpaired) electrons. The van der Waals surface area contributed by atoms with Crippen molar-refractivity contribution in [3.05, 3.63) is 454 Å². The largest absolute Gasteiger partial charge is 0.276 e. The van der Waals surface area contributed by atoms with Crippen molar-refractivity contribution in [2.75, 3.05) is 0 Å². The number of hydrogen-bond donors (Lipinski definition) is 0. The Balaban J connectivity index is 0.0000000829. The maximum Gasteiger partial charge on any atom is 0.148 e. The van der Waals surface area contributed by atoms with Crippen molar-refractivity contribution in [3.8, 4) is 89.0 Å². The van der Waals surface area contributed by atoms with E-state index in [2.05, 4.69) is 333 Å². The van der Waals surface area contributed by atoms with E-state index in [4.69, 9.17) is 39.9 Å². The normalized spacial score (nSPS) is 13.5. The lowest BCUT2D eigenvalue weighted by Gasteiger charge is -2.13. The molecule has 0 saturated carbocycles. The molecular formula is C128H76N12. The predicted molar refractivity (Wildman–Crippen MR) is 568 cm³/mol. The number of benzene rings is 16. The van der Waals surface area contributed by atoms with Crippen LogP contribution in [0.25, 0.3) is 243 Å². The number of nitrogens with zero attached hydrogens (tertiary/aromatic N) is 12. The van der Waals surface area contributed by atoms with Crippen LogP contribution in [0.2, 0.25) is 0 Å². The minimum absolute atomic E-state index is 0.963. The molecule has 0 saturated heterocycles. The summed E-state index contributed by atoms with van der Waals surface area (Å²) in [4.78, 5) is 39.9. The predicted octanol–water partition coefficient (Wildman–Crippen LogP) is 29.3. The van der Waals surface area contributed by atoms with Crippen molar-refractivity contribution < 1.29 is 0 Å².